The normalized spacial score (nSPS) is 12.9. The third-order valence-electron chi connectivity index (χ3n) is 2.71. The number of aryl methyl sites for hydroxylation is 1. The molecule has 1 heterocycles. The number of hydrogen-bond donors (Lipinski definition) is 1. The number of aromatic nitrogens is 2. The van der Waals surface area contributed by atoms with Gasteiger partial charge in [0.05, 0.1) is 12.0 Å². The molecule has 1 aromatic rings. The van der Waals surface area contributed by atoms with Crippen molar-refractivity contribution in [2.45, 2.75) is 45.2 Å². The molecule has 4 heteroatoms. The fraction of sp³-hybridized carbons (Fsp3) is 0.750. The highest BCUT2D eigenvalue weighted by atomic mass is 32.2. The number of thioether (sulfide) groups is 1. The molecule has 0 unspecified atom stereocenters. The molecule has 1 atom stereocenters. The molecule has 0 saturated carbocycles. The van der Waals surface area contributed by atoms with Gasteiger partial charge in [-0.05, 0) is 31.8 Å². The fourth-order valence-electron chi connectivity index (χ4n) is 1.78. The number of nitrogens with two attached hydrogens (primary N) is 1. The van der Waals surface area contributed by atoms with Gasteiger partial charge in [0.1, 0.15) is 0 Å². The van der Waals surface area contributed by atoms with Crippen LogP contribution in [0.4, 0.5) is 0 Å². The molecule has 1 rings (SSSR count). The molecule has 16 heavy (non-hydrogen) atoms. The topological polar surface area (TPSA) is 43.8 Å². The van der Waals surface area contributed by atoms with E-state index < -0.39 is 0 Å². The second-order valence-corrected chi connectivity index (χ2v) is 5.19. The summed E-state index contributed by atoms with van der Waals surface area (Å²) in [6.07, 6.45) is 11.1. The largest absolute Gasteiger partial charge is 0.333 e. The van der Waals surface area contributed by atoms with Crippen molar-refractivity contribution in [3.05, 3.63) is 18.2 Å². The van der Waals surface area contributed by atoms with E-state index >= 15 is 0 Å². The zero-order valence-electron chi connectivity index (χ0n) is 10.4. The van der Waals surface area contributed by atoms with Crippen LogP contribution in [0, 0.1) is 0 Å². The summed E-state index contributed by atoms with van der Waals surface area (Å²) in [5.74, 6) is 1.29. The second kappa shape index (κ2) is 7.74. The van der Waals surface area contributed by atoms with Crippen molar-refractivity contribution in [3.63, 3.8) is 0 Å². The maximum Gasteiger partial charge on any atom is 0.0948 e. The van der Waals surface area contributed by atoms with Crippen molar-refractivity contribution in [1.29, 1.82) is 0 Å². The maximum atomic E-state index is 5.87. The Morgan fingerprint density at radius 2 is 2.12 bits per heavy atom. The summed E-state index contributed by atoms with van der Waals surface area (Å²) >= 11 is 1.93. The van der Waals surface area contributed by atoms with Crippen molar-refractivity contribution in [3.8, 4) is 0 Å². The Bertz CT molecular complexity index is 284. The van der Waals surface area contributed by atoms with E-state index in [-0.39, 0.29) is 6.04 Å². The van der Waals surface area contributed by atoms with Gasteiger partial charge in [-0.3, -0.25) is 0 Å². The quantitative estimate of drug-likeness (QED) is 0.712. The van der Waals surface area contributed by atoms with Gasteiger partial charge < -0.3 is 10.3 Å². The Morgan fingerprint density at radius 1 is 1.38 bits per heavy atom. The molecule has 3 nitrogen and oxygen atoms in total. The van der Waals surface area contributed by atoms with Crippen molar-refractivity contribution < 1.29 is 0 Å². The average Bonchev–Trinajstić information content (AvgIpc) is 2.71. The summed E-state index contributed by atoms with van der Waals surface area (Å²) in [6.45, 7) is 3.06. The van der Waals surface area contributed by atoms with E-state index in [9.17, 15) is 0 Å². The molecule has 0 aliphatic heterocycles. The van der Waals surface area contributed by atoms with Gasteiger partial charge in [0.2, 0.25) is 0 Å². The fourth-order valence-corrected chi connectivity index (χ4v) is 2.27. The van der Waals surface area contributed by atoms with Crippen molar-refractivity contribution in [2.75, 3.05) is 12.0 Å². The summed E-state index contributed by atoms with van der Waals surface area (Å²) in [7, 11) is 0. The highest BCUT2D eigenvalue weighted by molar-refractivity contribution is 7.98. The van der Waals surface area contributed by atoms with Gasteiger partial charge in [-0.25, -0.2) is 4.98 Å². The molecule has 0 spiro atoms. The lowest BCUT2D eigenvalue weighted by Gasteiger charge is -2.10. The molecule has 1 aromatic heterocycles. The summed E-state index contributed by atoms with van der Waals surface area (Å²) in [5.41, 5.74) is 7.01. The molecular weight excluding hydrogens is 218 g/mol. The number of rotatable bonds is 8. The number of nitrogens with zero attached hydrogens (tertiary/aromatic N) is 2. The van der Waals surface area contributed by atoms with Crippen LogP contribution in [-0.4, -0.2) is 21.6 Å². The third kappa shape index (κ3) is 4.58. The Labute approximate surface area is 103 Å². The average molecular weight is 241 g/mol. The smallest absolute Gasteiger partial charge is 0.0948 e. The molecule has 0 aliphatic carbocycles. The third-order valence-corrected chi connectivity index (χ3v) is 3.41. The van der Waals surface area contributed by atoms with E-state index in [1.54, 1.807) is 0 Å². The van der Waals surface area contributed by atoms with Crippen molar-refractivity contribution in [2.24, 2.45) is 5.73 Å². The monoisotopic (exact) mass is 241 g/mol. The van der Waals surface area contributed by atoms with Gasteiger partial charge in [0.15, 0.2) is 0 Å². The van der Waals surface area contributed by atoms with Crippen LogP contribution in [0.25, 0.3) is 0 Å². The van der Waals surface area contributed by atoms with Gasteiger partial charge >= 0.3 is 0 Å². The summed E-state index contributed by atoms with van der Waals surface area (Å²) < 4.78 is 2.18. The van der Waals surface area contributed by atoms with Gasteiger partial charge in [0, 0.05) is 18.8 Å². The van der Waals surface area contributed by atoms with Crippen LogP contribution in [0.3, 0.4) is 0 Å². The molecule has 0 bridgehead atoms. The number of hydrogen-bond acceptors (Lipinski definition) is 3. The van der Waals surface area contributed by atoms with Gasteiger partial charge in [0.25, 0.3) is 0 Å². The lowest BCUT2D eigenvalue weighted by atomic mass is 10.2. The van der Waals surface area contributed by atoms with Crippen molar-refractivity contribution in [1.82, 2.24) is 9.55 Å². The number of imidazole rings is 1. The minimum absolute atomic E-state index is 0.0824. The standard InChI is InChI=1S/C12H23N3S/c1-11(13)12-9-14-10-15(12)7-5-3-4-6-8-16-2/h9-11H,3-8,13H2,1-2H3/t11-/m1/s1. The molecule has 0 aromatic carbocycles. The Balaban J connectivity index is 2.19. The van der Waals surface area contributed by atoms with Crippen LogP contribution < -0.4 is 5.73 Å². The first-order chi connectivity index (χ1) is 7.75. The Morgan fingerprint density at radius 3 is 2.81 bits per heavy atom. The molecule has 92 valence electrons. The lowest BCUT2D eigenvalue weighted by Crippen LogP contribution is -2.11. The predicted octanol–water partition coefficient (Wildman–Crippen LogP) is 2.83. The first kappa shape index (κ1) is 13.6. The molecule has 0 fully saturated rings. The van der Waals surface area contributed by atoms with Crippen LogP contribution in [-0.2, 0) is 6.54 Å². The van der Waals surface area contributed by atoms with Gasteiger partial charge in [-0.2, -0.15) is 11.8 Å². The van der Waals surface area contributed by atoms with E-state index in [0.29, 0.717) is 0 Å². The molecule has 0 saturated heterocycles. The number of unbranched alkanes of at least 4 members (excludes halogenated alkanes) is 3. The first-order valence-corrected chi connectivity index (χ1v) is 7.39. The first-order valence-electron chi connectivity index (χ1n) is 6.00. The van der Waals surface area contributed by atoms with Crippen molar-refractivity contribution >= 4 is 11.8 Å². The Hall–Kier alpha value is -0.480. The van der Waals surface area contributed by atoms with Crippen LogP contribution >= 0.6 is 11.8 Å². The lowest BCUT2D eigenvalue weighted by molar-refractivity contribution is 0.556. The highest BCUT2D eigenvalue weighted by Crippen LogP contribution is 2.11. The van der Waals surface area contributed by atoms with Gasteiger partial charge in [-0.15, -0.1) is 0 Å². The zero-order chi connectivity index (χ0) is 11.8. The van der Waals surface area contributed by atoms with E-state index in [2.05, 4.69) is 15.8 Å². The minimum Gasteiger partial charge on any atom is -0.333 e. The van der Waals surface area contributed by atoms with Crippen LogP contribution in [0.2, 0.25) is 0 Å². The summed E-state index contributed by atoms with van der Waals surface area (Å²) in [4.78, 5) is 4.15. The minimum atomic E-state index is 0.0824. The van der Waals surface area contributed by atoms with Crippen LogP contribution in [0.5, 0.6) is 0 Å². The van der Waals surface area contributed by atoms with Crippen LogP contribution in [0.1, 0.15) is 44.3 Å². The van der Waals surface area contributed by atoms with Gasteiger partial charge in [-0.1, -0.05) is 12.8 Å². The van der Waals surface area contributed by atoms with Crippen LogP contribution in [0.15, 0.2) is 12.5 Å². The SMILES string of the molecule is CSCCCCCCn1cncc1[C@@H](C)N. The zero-order valence-corrected chi connectivity index (χ0v) is 11.2. The predicted molar refractivity (Wildman–Crippen MR) is 71.7 cm³/mol. The van der Waals surface area contributed by atoms with E-state index in [1.807, 2.05) is 31.2 Å². The molecule has 0 aliphatic rings. The molecular formula is C12H23N3S. The summed E-state index contributed by atoms with van der Waals surface area (Å²) in [6, 6.07) is 0.0824. The molecule has 0 amide bonds. The van der Waals surface area contributed by atoms with E-state index in [1.165, 1.54) is 31.4 Å². The maximum absolute atomic E-state index is 5.87. The Kier molecular flexibility index (Phi) is 6.57. The molecule has 0 radical (unpaired) electrons. The highest BCUT2D eigenvalue weighted by Gasteiger charge is 2.05. The molecule has 2 N–H and O–H groups in total. The van der Waals surface area contributed by atoms with E-state index in [0.717, 1.165) is 12.2 Å². The summed E-state index contributed by atoms with van der Waals surface area (Å²) in [5, 5.41) is 0. The second-order valence-electron chi connectivity index (χ2n) is 4.21. The van der Waals surface area contributed by atoms with E-state index in [4.69, 9.17) is 5.73 Å².